The molecule has 0 bridgehead atoms. The normalized spacial score (nSPS) is 10.7. The molecular weight excluding hydrogens is 456 g/mol. The van der Waals surface area contributed by atoms with Crippen LogP contribution in [0.2, 0.25) is 0 Å². The van der Waals surface area contributed by atoms with E-state index >= 15 is 0 Å². The fraction of sp³-hybridized carbons (Fsp3) is 0.208. The van der Waals surface area contributed by atoms with Crippen molar-refractivity contribution >= 4 is 29.0 Å². The number of methoxy groups -OCH3 is 1. The van der Waals surface area contributed by atoms with Crippen LogP contribution in [-0.4, -0.2) is 33.5 Å². The van der Waals surface area contributed by atoms with Gasteiger partial charge in [-0.05, 0) is 34.7 Å². The second-order valence-electron chi connectivity index (χ2n) is 7.17. The fourth-order valence-electron chi connectivity index (χ4n) is 3.12. The number of nitrogens with one attached hydrogen (secondary N) is 1. The number of benzene rings is 2. The van der Waals surface area contributed by atoms with E-state index in [1.54, 1.807) is 18.4 Å². The van der Waals surface area contributed by atoms with Gasteiger partial charge in [0.2, 0.25) is 5.91 Å². The number of carbonyl (C=O) groups is 1. The van der Waals surface area contributed by atoms with E-state index in [-0.39, 0.29) is 11.7 Å². The minimum Gasteiger partial charge on any atom is -0.493 e. The highest BCUT2D eigenvalue weighted by atomic mass is 32.2. The second kappa shape index (κ2) is 11.0. The van der Waals surface area contributed by atoms with E-state index in [2.05, 4.69) is 15.5 Å². The van der Waals surface area contributed by atoms with Crippen LogP contribution < -0.4 is 14.8 Å². The quantitative estimate of drug-likeness (QED) is 0.336. The summed E-state index contributed by atoms with van der Waals surface area (Å²) in [7, 11) is 3.51. The number of ether oxygens (including phenoxy) is 2. The lowest BCUT2D eigenvalue weighted by Crippen LogP contribution is -2.24. The lowest BCUT2D eigenvalue weighted by atomic mass is 10.2. The third kappa shape index (κ3) is 5.94. The van der Waals surface area contributed by atoms with Gasteiger partial charge in [0.05, 0.1) is 17.7 Å². The molecule has 4 rings (SSSR count). The zero-order valence-electron chi connectivity index (χ0n) is 18.4. The van der Waals surface area contributed by atoms with Gasteiger partial charge in [-0.15, -0.1) is 21.5 Å². The fourth-order valence-corrected chi connectivity index (χ4v) is 4.60. The molecule has 0 saturated carbocycles. The van der Waals surface area contributed by atoms with Crippen LogP contribution in [-0.2, 0) is 25.0 Å². The third-order valence-electron chi connectivity index (χ3n) is 4.86. The summed E-state index contributed by atoms with van der Waals surface area (Å²) in [6.45, 7) is 0.856. The molecular formula is C24H24N4O3S2. The molecule has 0 unspecified atom stereocenters. The zero-order valence-corrected chi connectivity index (χ0v) is 20.0. The summed E-state index contributed by atoms with van der Waals surface area (Å²) in [5, 5.41) is 14.1. The first kappa shape index (κ1) is 22.9. The second-order valence-corrected chi connectivity index (χ2v) is 9.06. The molecule has 2 heterocycles. The minimum absolute atomic E-state index is 0.0796. The largest absolute Gasteiger partial charge is 0.493 e. The van der Waals surface area contributed by atoms with E-state index in [9.17, 15) is 4.79 Å². The number of nitrogens with zero attached hydrogens (tertiary/aromatic N) is 3. The number of carbonyl (C=O) groups excluding carboxylic acids is 1. The first-order chi connectivity index (χ1) is 16.1. The topological polar surface area (TPSA) is 78.3 Å². The molecule has 1 amide bonds. The number of hydrogen-bond donors (Lipinski definition) is 1. The Morgan fingerprint density at radius 3 is 2.67 bits per heavy atom. The van der Waals surface area contributed by atoms with Crippen molar-refractivity contribution in [2.75, 3.05) is 12.9 Å². The van der Waals surface area contributed by atoms with Crippen molar-refractivity contribution in [3.63, 3.8) is 0 Å². The minimum atomic E-state index is -0.0796. The average Bonchev–Trinajstić information content (AvgIpc) is 3.50. The van der Waals surface area contributed by atoms with Gasteiger partial charge in [-0.2, -0.15) is 0 Å². The standard InChI is InChI=1S/C24H24N4O3S2/c1-28-23(21-9-6-12-32-21)26-27-24(28)33-16-22(29)25-14-18-10-11-19(20(13-18)30-2)31-15-17-7-4-3-5-8-17/h3-13H,14-16H2,1-2H3,(H,25,29). The summed E-state index contributed by atoms with van der Waals surface area (Å²) < 4.78 is 13.3. The summed E-state index contributed by atoms with van der Waals surface area (Å²) in [5.41, 5.74) is 2.01. The Hall–Kier alpha value is -3.30. The number of rotatable bonds is 10. The van der Waals surface area contributed by atoms with Crippen LogP contribution in [0, 0.1) is 0 Å². The van der Waals surface area contributed by atoms with Crippen LogP contribution in [0.15, 0.2) is 71.2 Å². The Morgan fingerprint density at radius 2 is 1.91 bits per heavy atom. The van der Waals surface area contributed by atoms with Crippen LogP contribution in [0.4, 0.5) is 0 Å². The van der Waals surface area contributed by atoms with Gasteiger partial charge >= 0.3 is 0 Å². The summed E-state index contributed by atoms with van der Waals surface area (Å²) >= 11 is 2.97. The van der Waals surface area contributed by atoms with Crippen molar-refractivity contribution in [1.82, 2.24) is 20.1 Å². The van der Waals surface area contributed by atoms with Gasteiger partial charge in [0.25, 0.3) is 0 Å². The number of thiophene rings is 1. The van der Waals surface area contributed by atoms with E-state index < -0.39 is 0 Å². The predicted octanol–water partition coefficient (Wildman–Crippen LogP) is 4.54. The maximum absolute atomic E-state index is 12.4. The highest BCUT2D eigenvalue weighted by Crippen LogP contribution is 2.29. The molecule has 0 fully saturated rings. The van der Waals surface area contributed by atoms with Crippen LogP contribution in [0.1, 0.15) is 11.1 Å². The average molecular weight is 481 g/mol. The molecule has 2 aromatic heterocycles. The monoisotopic (exact) mass is 480 g/mol. The van der Waals surface area contributed by atoms with Gasteiger partial charge in [-0.25, -0.2) is 0 Å². The highest BCUT2D eigenvalue weighted by molar-refractivity contribution is 7.99. The zero-order chi connectivity index (χ0) is 23.0. The van der Waals surface area contributed by atoms with E-state index in [4.69, 9.17) is 9.47 Å². The molecule has 0 aliphatic heterocycles. The molecule has 170 valence electrons. The molecule has 4 aromatic rings. The molecule has 1 N–H and O–H groups in total. The summed E-state index contributed by atoms with van der Waals surface area (Å²) in [4.78, 5) is 13.4. The van der Waals surface area contributed by atoms with Crippen molar-refractivity contribution < 1.29 is 14.3 Å². The summed E-state index contributed by atoms with van der Waals surface area (Å²) in [6, 6.07) is 19.6. The number of amides is 1. The lowest BCUT2D eigenvalue weighted by Gasteiger charge is -2.13. The number of thioether (sulfide) groups is 1. The molecule has 2 aromatic carbocycles. The van der Waals surface area contributed by atoms with E-state index in [0.29, 0.717) is 29.8 Å². The molecule has 33 heavy (non-hydrogen) atoms. The van der Waals surface area contributed by atoms with Crippen LogP contribution in [0.25, 0.3) is 10.7 Å². The van der Waals surface area contributed by atoms with Gasteiger partial charge in [0.15, 0.2) is 22.5 Å². The molecule has 9 heteroatoms. The van der Waals surface area contributed by atoms with E-state index in [1.807, 2.05) is 77.7 Å². The first-order valence-corrected chi connectivity index (χ1v) is 12.2. The van der Waals surface area contributed by atoms with Crippen molar-refractivity contribution in [3.05, 3.63) is 77.2 Å². The van der Waals surface area contributed by atoms with Gasteiger partial charge in [0.1, 0.15) is 6.61 Å². The molecule has 0 atom stereocenters. The van der Waals surface area contributed by atoms with Crippen molar-refractivity contribution in [1.29, 1.82) is 0 Å². The summed E-state index contributed by atoms with van der Waals surface area (Å²) in [5.74, 6) is 2.27. The Kier molecular flexibility index (Phi) is 7.64. The molecule has 0 aliphatic rings. The van der Waals surface area contributed by atoms with Crippen molar-refractivity contribution in [2.24, 2.45) is 7.05 Å². The smallest absolute Gasteiger partial charge is 0.230 e. The van der Waals surface area contributed by atoms with Crippen molar-refractivity contribution in [2.45, 2.75) is 18.3 Å². The molecule has 0 spiro atoms. The highest BCUT2D eigenvalue weighted by Gasteiger charge is 2.14. The molecule has 7 nitrogen and oxygen atoms in total. The van der Waals surface area contributed by atoms with E-state index in [1.165, 1.54) is 11.8 Å². The lowest BCUT2D eigenvalue weighted by molar-refractivity contribution is -0.118. The Labute approximate surface area is 200 Å². The Balaban J connectivity index is 1.28. The maximum Gasteiger partial charge on any atom is 0.230 e. The summed E-state index contributed by atoms with van der Waals surface area (Å²) in [6.07, 6.45) is 0. The SMILES string of the molecule is COc1cc(CNC(=O)CSc2nnc(-c3cccs3)n2C)ccc1OCc1ccccc1. The third-order valence-corrected chi connectivity index (χ3v) is 6.75. The predicted molar refractivity (Wildman–Crippen MR) is 131 cm³/mol. The molecule has 0 aliphatic carbocycles. The molecule has 0 radical (unpaired) electrons. The van der Waals surface area contributed by atoms with Crippen molar-refractivity contribution in [3.8, 4) is 22.2 Å². The van der Waals surface area contributed by atoms with Gasteiger partial charge < -0.3 is 19.4 Å². The first-order valence-electron chi connectivity index (χ1n) is 10.3. The number of hydrogen-bond acceptors (Lipinski definition) is 7. The van der Waals surface area contributed by atoms with Gasteiger partial charge in [-0.3, -0.25) is 4.79 Å². The maximum atomic E-state index is 12.4. The van der Waals surface area contributed by atoms with Gasteiger partial charge in [0, 0.05) is 13.6 Å². The van der Waals surface area contributed by atoms with Crippen LogP contribution in [0.3, 0.4) is 0 Å². The Bertz CT molecular complexity index is 1190. The number of aromatic nitrogens is 3. The Morgan fingerprint density at radius 1 is 1.06 bits per heavy atom. The molecule has 0 saturated heterocycles. The van der Waals surface area contributed by atoms with Crippen LogP contribution >= 0.6 is 23.1 Å². The van der Waals surface area contributed by atoms with E-state index in [0.717, 1.165) is 21.8 Å². The van der Waals surface area contributed by atoms with Gasteiger partial charge in [-0.1, -0.05) is 54.2 Å². The van der Waals surface area contributed by atoms with Crippen LogP contribution in [0.5, 0.6) is 11.5 Å².